The van der Waals surface area contributed by atoms with Crippen LogP contribution in [0.2, 0.25) is 0 Å². The van der Waals surface area contributed by atoms with Crippen molar-refractivity contribution in [3.8, 4) is 6.07 Å². The van der Waals surface area contributed by atoms with Crippen molar-refractivity contribution < 1.29 is 4.92 Å². The van der Waals surface area contributed by atoms with Gasteiger partial charge in [-0.1, -0.05) is 0 Å². The molecule has 0 spiro atoms. The minimum atomic E-state index is -0.539. The number of nitrogens with zero attached hydrogens (tertiary/aromatic N) is 3. The highest BCUT2D eigenvalue weighted by Gasteiger charge is 2.04. The van der Waals surface area contributed by atoms with E-state index in [9.17, 15) is 10.1 Å². The first-order valence-corrected chi connectivity index (χ1v) is 3.61. The predicted octanol–water partition coefficient (Wildman–Crippen LogP) is 1.74. The molecule has 14 heavy (non-hydrogen) atoms. The number of rotatable bonds is 2. The topological polar surface area (TPSA) is 89.2 Å². The molecular formula is C9H4N3O2-. The molecule has 0 bridgehead atoms. The summed E-state index contributed by atoms with van der Waals surface area (Å²) in [4.78, 5) is 9.75. The van der Waals surface area contributed by atoms with Gasteiger partial charge in [-0.3, -0.25) is 10.1 Å². The highest BCUT2D eigenvalue weighted by molar-refractivity contribution is 5.98. The SMILES string of the molecule is N#CC(=C=[N-])c1ccc([N+](=O)[O-])cc1. The first-order valence-electron chi connectivity index (χ1n) is 3.61. The lowest BCUT2D eigenvalue weighted by atomic mass is 10.1. The lowest BCUT2D eigenvalue weighted by molar-refractivity contribution is -0.384. The first kappa shape index (κ1) is 9.65. The Morgan fingerprint density at radius 2 is 2.00 bits per heavy atom. The number of nitro benzene ring substituents is 1. The molecule has 0 amide bonds. The highest BCUT2D eigenvalue weighted by atomic mass is 16.6. The standard InChI is InChI=1S/C9H4N3O2/c10-5-8(6-11)7-1-3-9(4-2-7)12(13)14/h1-4H/q-1. The average Bonchev–Trinajstić information content (AvgIpc) is 2.20. The molecule has 0 aliphatic rings. The van der Waals surface area contributed by atoms with Gasteiger partial charge in [0.25, 0.3) is 5.69 Å². The summed E-state index contributed by atoms with van der Waals surface area (Å²) < 4.78 is 0. The van der Waals surface area contributed by atoms with Crippen LogP contribution in [0.25, 0.3) is 11.0 Å². The Labute approximate surface area is 79.6 Å². The second kappa shape index (κ2) is 3.99. The van der Waals surface area contributed by atoms with Gasteiger partial charge in [0, 0.05) is 12.1 Å². The Balaban J connectivity index is 3.13. The zero-order valence-corrected chi connectivity index (χ0v) is 6.97. The second-order valence-corrected chi connectivity index (χ2v) is 2.40. The molecule has 0 saturated carbocycles. The molecule has 68 valence electrons. The van der Waals surface area contributed by atoms with E-state index in [0.717, 1.165) is 0 Å². The van der Waals surface area contributed by atoms with Crippen LogP contribution in [0.4, 0.5) is 5.69 Å². The second-order valence-electron chi connectivity index (χ2n) is 2.40. The number of benzene rings is 1. The smallest absolute Gasteiger partial charge is 0.269 e. The zero-order chi connectivity index (χ0) is 10.6. The van der Waals surface area contributed by atoms with E-state index in [0.29, 0.717) is 5.56 Å². The van der Waals surface area contributed by atoms with Gasteiger partial charge in [0.05, 0.1) is 10.5 Å². The van der Waals surface area contributed by atoms with Gasteiger partial charge in [-0.2, -0.15) is 5.26 Å². The third-order valence-corrected chi connectivity index (χ3v) is 1.59. The molecule has 0 atom stereocenters. The van der Waals surface area contributed by atoms with Gasteiger partial charge in [0.1, 0.15) is 6.07 Å². The van der Waals surface area contributed by atoms with Crippen LogP contribution in [-0.4, -0.2) is 10.8 Å². The highest BCUT2D eigenvalue weighted by Crippen LogP contribution is 2.16. The summed E-state index contributed by atoms with van der Waals surface area (Å²) in [5.41, 5.74) is 0.268. The van der Waals surface area contributed by atoms with Crippen molar-refractivity contribution in [2.75, 3.05) is 0 Å². The zero-order valence-electron chi connectivity index (χ0n) is 6.97. The quantitative estimate of drug-likeness (QED) is 0.305. The van der Waals surface area contributed by atoms with Crippen LogP contribution >= 0.6 is 0 Å². The predicted molar refractivity (Wildman–Crippen MR) is 50.5 cm³/mol. The molecule has 0 saturated heterocycles. The number of nitriles is 1. The molecule has 0 radical (unpaired) electrons. The molecule has 0 aromatic heterocycles. The molecule has 0 fully saturated rings. The third kappa shape index (κ3) is 1.83. The van der Waals surface area contributed by atoms with Crippen molar-refractivity contribution in [3.63, 3.8) is 0 Å². The molecule has 1 rings (SSSR count). The van der Waals surface area contributed by atoms with Crippen molar-refractivity contribution in [2.24, 2.45) is 0 Å². The summed E-state index contributed by atoms with van der Waals surface area (Å²) in [5.74, 6) is 1.70. The molecule has 1 aromatic rings. The van der Waals surface area contributed by atoms with Crippen LogP contribution in [0.15, 0.2) is 24.3 Å². The lowest BCUT2D eigenvalue weighted by Crippen LogP contribution is -1.88. The van der Waals surface area contributed by atoms with Crippen molar-refractivity contribution in [2.45, 2.75) is 0 Å². The maximum atomic E-state index is 10.3. The molecule has 0 unspecified atom stereocenters. The number of hydrogen-bond donors (Lipinski definition) is 0. The Bertz CT molecular complexity index is 450. The number of hydrogen-bond acceptors (Lipinski definition) is 3. The monoisotopic (exact) mass is 186 g/mol. The molecule has 0 aliphatic carbocycles. The fraction of sp³-hybridized carbons (Fsp3) is 0. The molecule has 0 N–H and O–H groups in total. The van der Waals surface area contributed by atoms with Crippen molar-refractivity contribution in [1.29, 1.82) is 5.26 Å². The van der Waals surface area contributed by atoms with Gasteiger partial charge in [0.2, 0.25) is 0 Å². The molecule has 5 nitrogen and oxygen atoms in total. The molecule has 1 aromatic carbocycles. The maximum Gasteiger partial charge on any atom is 0.269 e. The van der Waals surface area contributed by atoms with Gasteiger partial charge >= 0.3 is 0 Å². The van der Waals surface area contributed by atoms with Crippen molar-refractivity contribution >= 4 is 17.1 Å². The van der Waals surface area contributed by atoms with Gasteiger partial charge in [-0.15, -0.1) is 0 Å². The minimum Gasteiger partial charge on any atom is -0.762 e. The summed E-state index contributed by atoms with van der Waals surface area (Å²) in [6.45, 7) is 0. The normalized spacial score (nSPS) is 8.50. The molecule has 0 aliphatic heterocycles. The summed E-state index contributed by atoms with van der Waals surface area (Å²) in [5, 5.41) is 27.3. The average molecular weight is 186 g/mol. The fourth-order valence-electron chi connectivity index (χ4n) is 0.904. The van der Waals surface area contributed by atoms with Crippen molar-refractivity contribution in [3.05, 3.63) is 45.4 Å². The molecule has 0 heterocycles. The Kier molecular flexibility index (Phi) is 2.75. The van der Waals surface area contributed by atoms with Crippen LogP contribution in [-0.2, 0) is 0 Å². The number of nitro groups is 1. The van der Waals surface area contributed by atoms with Crippen LogP contribution in [0.5, 0.6) is 0 Å². The summed E-state index contributed by atoms with van der Waals surface area (Å²) in [6, 6.07) is 6.96. The molecule has 5 heteroatoms. The summed E-state index contributed by atoms with van der Waals surface area (Å²) in [6.07, 6.45) is 0. The van der Waals surface area contributed by atoms with E-state index in [2.05, 4.69) is 0 Å². The van der Waals surface area contributed by atoms with E-state index in [-0.39, 0.29) is 11.3 Å². The maximum absolute atomic E-state index is 10.3. The van der Waals surface area contributed by atoms with Crippen LogP contribution < -0.4 is 0 Å². The number of non-ortho nitro benzene ring substituents is 1. The number of allylic oxidation sites excluding steroid dienone is 1. The minimum absolute atomic E-state index is 0.0557. The van der Waals surface area contributed by atoms with Crippen LogP contribution in [0.1, 0.15) is 5.56 Å². The Hall–Kier alpha value is -2.44. The summed E-state index contributed by atoms with van der Waals surface area (Å²) in [7, 11) is 0. The van der Waals surface area contributed by atoms with Crippen LogP contribution in [0, 0.1) is 21.4 Å². The van der Waals surface area contributed by atoms with Gasteiger partial charge in [-0.05, 0) is 17.7 Å². The van der Waals surface area contributed by atoms with Gasteiger partial charge in [0.15, 0.2) is 0 Å². The fourth-order valence-corrected chi connectivity index (χ4v) is 0.904. The van der Waals surface area contributed by atoms with E-state index in [1.165, 1.54) is 24.3 Å². The summed E-state index contributed by atoms with van der Waals surface area (Å²) >= 11 is 0. The first-order chi connectivity index (χ1) is 6.69. The van der Waals surface area contributed by atoms with E-state index in [4.69, 9.17) is 10.7 Å². The lowest BCUT2D eigenvalue weighted by Gasteiger charge is -1.96. The van der Waals surface area contributed by atoms with Gasteiger partial charge in [-0.25, -0.2) is 5.87 Å². The Morgan fingerprint density at radius 3 is 2.36 bits per heavy atom. The largest absolute Gasteiger partial charge is 0.762 e. The van der Waals surface area contributed by atoms with E-state index >= 15 is 0 Å². The third-order valence-electron chi connectivity index (χ3n) is 1.59. The van der Waals surface area contributed by atoms with Crippen LogP contribution in [0.3, 0.4) is 0 Å². The van der Waals surface area contributed by atoms with Gasteiger partial charge < -0.3 is 5.41 Å². The van der Waals surface area contributed by atoms with E-state index < -0.39 is 4.92 Å². The van der Waals surface area contributed by atoms with Crippen molar-refractivity contribution in [1.82, 2.24) is 0 Å². The Morgan fingerprint density at radius 1 is 1.43 bits per heavy atom. The molecular weight excluding hydrogens is 182 g/mol. The van der Waals surface area contributed by atoms with E-state index in [1.807, 2.05) is 0 Å². The van der Waals surface area contributed by atoms with E-state index in [1.54, 1.807) is 11.9 Å².